The highest BCUT2D eigenvalue weighted by atomic mass is 32.2. The van der Waals surface area contributed by atoms with Crippen LogP contribution in [0.4, 0.5) is 0 Å². The van der Waals surface area contributed by atoms with E-state index in [2.05, 4.69) is 16.6 Å². The first-order valence-corrected chi connectivity index (χ1v) is 9.13. The van der Waals surface area contributed by atoms with Crippen LogP contribution in [0.5, 0.6) is 0 Å². The molecule has 2 N–H and O–H groups in total. The van der Waals surface area contributed by atoms with Gasteiger partial charge in [-0.3, -0.25) is 4.79 Å². The van der Waals surface area contributed by atoms with E-state index in [4.69, 9.17) is 0 Å². The number of likely N-dealkylation sites (tertiary alicyclic amines) is 1. The molecule has 1 aliphatic rings. The zero-order chi connectivity index (χ0) is 16.9. The van der Waals surface area contributed by atoms with E-state index >= 15 is 0 Å². The predicted molar refractivity (Wildman–Crippen MR) is 89.8 cm³/mol. The summed E-state index contributed by atoms with van der Waals surface area (Å²) in [6, 6.07) is 6.44. The molecule has 1 saturated heterocycles. The zero-order valence-corrected chi connectivity index (χ0v) is 14.1. The van der Waals surface area contributed by atoms with Gasteiger partial charge in [0.2, 0.25) is 10.0 Å². The van der Waals surface area contributed by atoms with E-state index in [1.807, 2.05) is 7.05 Å². The quantitative estimate of drug-likeness (QED) is 0.759. The minimum Gasteiger partial charge on any atom is -0.337 e. The van der Waals surface area contributed by atoms with Crippen molar-refractivity contribution in [3.05, 3.63) is 42.5 Å². The first-order valence-electron chi connectivity index (χ1n) is 7.65. The molecular formula is C16H23N3O3S. The van der Waals surface area contributed by atoms with Crippen LogP contribution in [-0.4, -0.2) is 51.9 Å². The minimum atomic E-state index is -3.63. The van der Waals surface area contributed by atoms with E-state index < -0.39 is 10.0 Å². The summed E-state index contributed by atoms with van der Waals surface area (Å²) in [7, 11) is -1.74. The Balaban J connectivity index is 2.19. The summed E-state index contributed by atoms with van der Waals surface area (Å²) in [4.78, 5) is 14.5. The van der Waals surface area contributed by atoms with Gasteiger partial charge in [-0.2, -0.15) is 0 Å². The molecule has 1 aromatic rings. The molecule has 2 rings (SSSR count). The summed E-state index contributed by atoms with van der Waals surface area (Å²) in [6.45, 7) is 4.97. The van der Waals surface area contributed by atoms with Crippen molar-refractivity contribution in [2.24, 2.45) is 0 Å². The van der Waals surface area contributed by atoms with Crippen molar-refractivity contribution >= 4 is 15.9 Å². The van der Waals surface area contributed by atoms with E-state index in [-0.39, 0.29) is 23.4 Å². The average Bonchev–Trinajstić information content (AvgIpc) is 2.59. The lowest BCUT2D eigenvalue weighted by molar-refractivity contribution is 0.0698. The minimum absolute atomic E-state index is 0.0902. The van der Waals surface area contributed by atoms with Crippen LogP contribution < -0.4 is 10.0 Å². The highest BCUT2D eigenvalue weighted by Gasteiger charge is 2.24. The van der Waals surface area contributed by atoms with Gasteiger partial charge in [0.05, 0.1) is 4.90 Å². The van der Waals surface area contributed by atoms with E-state index in [0.29, 0.717) is 18.7 Å². The van der Waals surface area contributed by atoms with Gasteiger partial charge in [-0.25, -0.2) is 13.1 Å². The van der Waals surface area contributed by atoms with Gasteiger partial charge in [-0.1, -0.05) is 12.1 Å². The molecule has 1 unspecified atom stereocenters. The van der Waals surface area contributed by atoms with Gasteiger partial charge in [-0.05, 0) is 38.1 Å². The van der Waals surface area contributed by atoms with E-state index in [0.717, 1.165) is 12.8 Å². The lowest BCUT2D eigenvalue weighted by Gasteiger charge is -2.32. The summed E-state index contributed by atoms with van der Waals surface area (Å²) < 4.78 is 26.7. The lowest BCUT2D eigenvalue weighted by atomic mass is 10.0. The Bertz CT molecular complexity index is 673. The molecule has 1 fully saturated rings. The number of piperidine rings is 1. The Morgan fingerprint density at radius 3 is 2.96 bits per heavy atom. The number of hydrogen-bond donors (Lipinski definition) is 2. The third-order valence-electron chi connectivity index (χ3n) is 3.93. The largest absolute Gasteiger partial charge is 0.337 e. The maximum atomic E-state index is 12.6. The number of sulfonamides is 1. The summed E-state index contributed by atoms with van der Waals surface area (Å²) >= 11 is 0. The van der Waals surface area contributed by atoms with Crippen molar-refractivity contribution in [1.82, 2.24) is 14.9 Å². The highest BCUT2D eigenvalue weighted by molar-refractivity contribution is 7.89. The van der Waals surface area contributed by atoms with Crippen LogP contribution in [0.1, 0.15) is 23.2 Å². The number of benzene rings is 1. The van der Waals surface area contributed by atoms with Crippen molar-refractivity contribution in [2.45, 2.75) is 23.8 Å². The van der Waals surface area contributed by atoms with Crippen molar-refractivity contribution in [3.8, 4) is 0 Å². The lowest BCUT2D eigenvalue weighted by Crippen LogP contribution is -2.47. The zero-order valence-electron chi connectivity index (χ0n) is 13.3. The molecule has 0 aromatic heterocycles. The average molecular weight is 337 g/mol. The summed E-state index contributed by atoms with van der Waals surface area (Å²) in [5.74, 6) is -0.134. The second-order valence-corrected chi connectivity index (χ2v) is 7.31. The number of carbonyl (C=O) groups is 1. The van der Waals surface area contributed by atoms with Crippen LogP contribution >= 0.6 is 0 Å². The standard InChI is InChI=1S/C16H23N3O3S/c1-3-9-18-23(21,22)15-8-4-6-13(11-15)16(20)19-10-5-7-14(12-19)17-2/h3-4,6,8,11,14,17-18H,1,5,7,9-10,12H2,2H3. The summed E-state index contributed by atoms with van der Waals surface area (Å²) in [5.41, 5.74) is 0.392. The molecule has 0 spiro atoms. The first-order chi connectivity index (χ1) is 11.0. The molecule has 1 aliphatic heterocycles. The number of nitrogens with one attached hydrogen (secondary N) is 2. The molecule has 126 valence electrons. The molecule has 1 heterocycles. The van der Waals surface area contributed by atoms with Crippen LogP contribution in [0.3, 0.4) is 0 Å². The Morgan fingerprint density at radius 2 is 2.26 bits per heavy atom. The molecule has 1 amide bonds. The third-order valence-corrected chi connectivity index (χ3v) is 5.35. The second kappa shape index (κ2) is 7.72. The fourth-order valence-electron chi connectivity index (χ4n) is 2.63. The number of amides is 1. The highest BCUT2D eigenvalue weighted by Crippen LogP contribution is 2.17. The number of likely N-dealkylation sites (N-methyl/N-ethyl adjacent to an activating group) is 1. The number of hydrogen-bond acceptors (Lipinski definition) is 4. The van der Waals surface area contributed by atoms with Crippen LogP contribution in [0, 0.1) is 0 Å². The normalized spacial score (nSPS) is 18.7. The Morgan fingerprint density at radius 1 is 1.48 bits per heavy atom. The Kier molecular flexibility index (Phi) is 5.92. The van der Waals surface area contributed by atoms with Crippen molar-refractivity contribution < 1.29 is 13.2 Å². The third kappa shape index (κ3) is 4.40. The molecule has 0 bridgehead atoms. The predicted octanol–water partition coefficient (Wildman–Crippen LogP) is 0.975. The Labute approximate surface area is 137 Å². The maximum Gasteiger partial charge on any atom is 0.253 e. The van der Waals surface area contributed by atoms with Crippen molar-refractivity contribution in [2.75, 3.05) is 26.7 Å². The van der Waals surface area contributed by atoms with Crippen LogP contribution in [0.2, 0.25) is 0 Å². The SMILES string of the molecule is C=CCNS(=O)(=O)c1cccc(C(=O)N2CCCC(NC)C2)c1. The van der Waals surface area contributed by atoms with Gasteiger partial charge in [-0.15, -0.1) is 6.58 Å². The number of nitrogens with zero attached hydrogens (tertiary/aromatic N) is 1. The van der Waals surface area contributed by atoms with E-state index in [9.17, 15) is 13.2 Å². The van der Waals surface area contributed by atoms with Gasteiger partial charge >= 0.3 is 0 Å². The molecule has 0 radical (unpaired) electrons. The van der Waals surface area contributed by atoms with E-state index in [1.54, 1.807) is 17.0 Å². The van der Waals surface area contributed by atoms with E-state index in [1.165, 1.54) is 18.2 Å². The van der Waals surface area contributed by atoms with Crippen LogP contribution in [0.15, 0.2) is 41.8 Å². The molecular weight excluding hydrogens is 314 g/mol. The van der Waals surface area contributed by atoms with Crippen LogP contribution in [-0.2, 0) is 10.0 Å². The van der Waals surface area contributed by atoms with Gasteiger partial charge < -0.3 is 10.2 Å². The summed E-state index contributed by atoms with van der Waals surface area (Å²) in [6.07, 6.45) is 3.45. The topological polar surface area (TPSA) is 78.5 Å². The molecule has 0 aliphatic carbocycles. The second-order valence-electron chi connectivity index (χ2n) is 5.55. The number of carbonyl (C=O) groups excluding carboxylic acids is 1. The smallest absolute Gasteiger partial charge is 0.253 e. The molecule has 0 saturated carbocycles. The Hall–Kier alpha value is -1.70. The molecule has 7 heteroatoms. The van der Waals surface area contributed by atoms with Crippen molar-refractivity contribution in [3.63, 3.8) is 0 Å². The first kappa shape index (κ1) is 17.7. The van der Waals surface area contributed by atoms with Crippen LogP contribution in [0.25, 0.3) is 0 Å². The molecule has 23 heavy (non-hydrogen) atoms. The van der Waals surface area contributed by atoms with Gasteiger partial charge in [0.1, 0.15) is 0 Å². The molecule has 6 nitrogen and oxygen atoms in total. The fraction of sp³-hybridized carbons (Fsp3) is 0.438. The maximum absolute atomic E-state index is 12.6. The summed E-state index contributed by atoms with van der Waals surface area (Å²) in [5, 5.41) is 3.19. The van der Waals surface area contributed by atoms with Crippen molar-refractivity contribution in [1.29, 1.82) is 0 Å². The van der Waals surface area contributed by atoms with Gasteiger partial charge in [0.25, 0.3) is 5.91 Å². The van der Waals surface area contributed by atoms with Gasteiger partial charge in [0, 0.05) is 31.2 Å². The fourth-order valence-corrected chi connectivity index (χ4v) is 3.67. The van der Waals surface area contributed by atoms with Gasteiger partial charge in [0.15, 0.2) is 0 Å². The number of rotatable bonds is 6. The monoisotopic (exact) mass is 337 g/mol. The molecule has 1 aromatic carbocycles. The molecule has 1 atom stereocenters.